The molecule has 3 atom stereocenters. The molecule has 0 spiro atoms. The van der Waals surface area contributed by atoms with Crippen LogP contribution < -0.4 is 0 Å². The zero-order valence-corrected chi connectivity index (χ0v) is 11.9. The minimum atomic E-state index is 0.313. The fourth-order valence-electron chi connectivity index (χ4n) is 4.44. The molecule has 5 heteroatoms. The summed E-state index contributed by atoms with van der Waals surface area (Å²) in [4.78, 5) is 12.8. The minimum absolute atomic E-state index is 0.313. The largest absolute Gasteiger partial charge is 0.311 e. The van der Waals surface area contributed by atoms with Gasteiger partial charge >= 0.3 is 0 Å². The number of nitrogens with zero attached hydrogens (tertiary/aromatic N) is 4. The van der Waals surface area contributed by atoms with Gasteiger partial charge in [0.2, 0.25) is 0 Å². The highest BCUT2D eigenvalue weighted by Crippen LogP contribution is 2.61. The van der Waals surface area contributed by atoms with Crippen molar-refractivity contribution in [2.75, 3.05) is 0 Å². The number of hydrogen-bond donors (Lipinski definition) is 0. The summed E-state index contributed by atoms with van der Waals surface area (Å²) in [5.74, 6) is 1.59. The van der Waals surface area contributed by atoms with Gasteiger partial charge in [-0.15, -0.1) is 0 Å². The lowest BCUT2D eigenvalue weighted by Gasteiger charge is -2.39. The molecule has 0 saturated heterocycles. The van der Waals surface area contributed by atoms with Crippen molar-refractivity contribution in [2.24, 2.45) is 17.3 Å². The molecule has 0 amide bonds. The molecule has 19 heavy (non-hydrogen) atoms. The fourth-order valence-corrected chi connectivity index (χ4v) is 4.62. The van der Waals surface area contributed by atoms with Crippen molar-refractivity contribution in [3.05, 3.63) is 17.8 Å². The lowest BCUT2D eigenvalue weighted by atomic mass is 9.73. The van der Waals surface area contributed by atoms with Crippen LogP contribution in [0.2, 0.25) is 5.15 Å². The Morgan fingerprint density at radius 3 is 2.84 bits per heavy atom. The Hall–Kier alpha value is -1.16. The van der Waals surface area contributed by atoms with Crippen LogP contribution in [-0.2, 0) is 0 Å². The first-order valence-electron chi connectivity index (χ1n) is 6.92. The van der Waals surface area contributed by atoms with Gasteiger partial charge in [-0.2, -0.15) is 0 Å². The number of fused-ring (bicyclic) bond motifs is 3. The van der Waals surface area contributed by atoms with Gasteiger partial charge in [0.1, 0.15) is 11.8 Å². The van der Waals surface area contributed by atoms with Gasteiger partial charge in [0.15, 0.2) is 10.8 Å². The van der Waals surface area contributed by atoms with Crippen LogP contribution in [0.1, 0.15) is 39.2 Å². The van der Waals surface area contributed by atoms with E-state index in [1.807, 2.05) is 6.33 Å². The maximum atomic E-state index is 6.10. The monoisotopic (exact) mass is 276 g/mol. The third-order valence-electron chi connectivity index (χ3n) is 5.35. The number of halogens is 1. The molecule has 100 valence electrons. The molecule has 0 aromatic carbocycles. The van der Waals surface area contributed by atoms with Crippen molar-refractivity contribution in [3.8, 4) is 0 Å². The van der Waals surface area contributed by atoms with Gasteiger partial charge in [0.05, 0.1) is 6.33 Å². The Kier molecular flexibility index (Phi) is 2.26. The quantitative estimate of drug-likeness (QED) is 0.749. The molecule has 2 heterocycles. The summed E-state index contributed by atoms with van der Waals surface area (Å²) < 4.78 is 2.24. The second kappa shape index (κ2) is 3.69. The first kappa shape index (κ1) is 11.6. The molecule has 4 rings (SSSR count). The van der Waals surface area contributed by atoms with E-state index in [0.29, 0.717) is 16.6 Å². The molecule has 0 radical (unpaired) electrons. The predicted molar refractivity (Wildman–Crippen MR) is 74.0 cm³/mol. The van der Waals surface area contributed by atoms with Crippen LogP contribution >= 0.6 is 11.6 Å². The van der Waals surface area contributed by atoms with Crippen molar-refractivity contribution in [1.82, 2.24) is 19.5 Å². The van der Waals surface area contributed by atoms with E-state index in [-0.39, 0.29) is 0 Å². The zero-order valence-electron chi connectivity index (χ0n) is 11.2. The predicted octanol–water partition coefficient (Wildman–Crippen LogP) is 3.48. The second-order valence-corrected chi connectivity index (χ2v) is 6.88. The molecule has 2 aromatic rings. The van der Waals surface area contributed by atoms with Crippen LogP contribution in [0.5, 0.6) is 0 Å². The van der Waals surface area contributed by atoms with Gasteiger partial charge in [-0.25, -0.2) is 15.0 Å². The molecule has 2 aromatic heterocycles. The molecule has 2 aliphatic carbocycles. The topological polar surface area (TPSA) is 43.6 Å². The highest BCUT2D eigenvalue weighted by molar-refractivity contribution is 6.33. The van der Waals surface area contributed by atoms with Gasteiger partial charge in [0.25, 0.3) is 0 Å². The number of imidazole rings is 1. The Bertz CT molecular complexity index is 648. The Morgan fingerprint density at radius 2 is 2.11 bits per heavy atom. The average Bonchev–Trinajstić information content (AvgIpc) is 3.02. The van der Waals surface area contributed by atoms with Crippen molar-refractivity contribution in [3.63, 3.8) is 0 Å². The van der Waals surface area contributed by atoms with Crippen molar-refractivity contribution in [1.29, 1.82) is 0 Å². The Morgan fingerprint density at radius 1 is 1.26 bits per heavy atom. The third-order valence-corrected chi connectivity index (χ3v) is 5.62. The third kappa shape index (κ3) is 1.43. The Labute approximate surface area is 117 Å². The van der Waals surface area contributed by atoms with Crippen LogP contribution in [0.4, 0.5) is 0 Å². The first-order valence-corrected chi connectivity index (χ1v) is 7.30. The summed E-state index contributed by atoms with van der Waals surface area (Å²) in [6, 6.07) is 0.488. The second-order valence-electron chi connectivity index (χ2n) is 6.52. The summed E-state index contributed by atoms with van der Waals surface area (Å²) in [6.07, 6.45) is 7.48. The normalized spacial score (nSPS) is 32.3. The number of aromatic nitrogens is 4. The molecule has 0 aliphatic heterocycles. The van der Waals surface area contributed by atoms with Crippen molar-refractivity contribution in [2.45, 2.75) is 39.2 Å². The lowest BCUT2D eigenvalue weighted by molar-refractivity contribution is 0.131. The maximum absolute atomic E-state index is 6.10. The van der Waals surface area contributed by atoms with E-state index in [4.69, 9.17) is 11.6 Å². The molecular formula is C14H17ClN4. The number of rotatable bonds is 1. The number of hydrogen-bond acceptors (Lipinski definition) is 3. The van der Waals surface area contributed by atoms with E-state index < -0.39 is 0 Å². The molecule has 2 aliphatic rings. The summed E-state index contributed by atoms with van der Waals surface area (Å²) in [7, 11) is 0. The van der Waals surface area contributed by atoms with E-state index in [1.54, 1.807) is 0 Å². The highest BCUT2D eigenvalue weighted by Gasteiger charge is 2.53. The van der Waals surface area contributed by atoms with Crippen molar-refractivity contribution < 1.29 is 0 Å². The molecule has 2 fully saturated rings. The Balaban J connectivity index is 1.89. The van der Waals surface area contributed by atoms with E-state index in [0.717, 1.165) is 23.0 Å². The molecule has 0 unspecified atom stereocenters. The summed E-state index contributed by atoms with van der Waals surface area (Å²) >= 11 is 6.10. The summed E-state index contributed by atoms with van der Waals surface area (Å²) in [5, 5.41) is 0.449. The van der Waals surface area contributed by atoms with Gasteiger partial charge in [-0.05, 0) is 36.5 Å². The highest BCUT2D eigenvalue weighted by atomic mass is 35.5. The van der Waals surface area contributed by atoms with Gasteiger partial charge in [-0.1, -0.05) is 25.4 Å². The smallest absolute Gasteiger partial charge is 0.165 e. The SMILES string of the molecule is CC1(C)[C@@H]2CC[C@@H](C2)[C@H]1n1cnc2c(Cl)ncnc21. The molecule has 0 N–H and O–H groups in total. The van der Waals surface area contributed by atoms with Crippen LogP contribution in [0.15, 0.2) is 12.7 Å². The molecule has 2 bridgehead atoms. The van der Waals surface area contributed by atoms with Gasteiger partial charge in [-0.3, -0.25) is 0 Å². The van der Waals surface area contributed by atoms with E-state index in [1.165, 1.54) is 25.6 Å². The van der Waals surface area contributed by atoms with Crippen LogP contribution in [0.25, 0.3) is 11.2 Å². The minimum Gasteiger partial charge on any atom is -0.311 e. The van der Waals surface area contributed by atoms with E-state index in [9.17, 15) is 0 Å². The average molecular weight is 277 g/mol. The first-order chi connectivity index (χ1) is 9.09. The fraction of sp³-hybridized carbons (Fsp3) is 0.643. The molecular weight excluding hydrogens is 260 g/mol. The van der Waals surface area contributed by atoms with E-state index in [2.05, 4.69) is 33.4 Å². The standard InChI is InChI=1S/C14H17ClN4/c1-14(2)9-4-3-8(5-9)11(14)19-7-18-10-12(15)16-6-17-13(10)19/h6-9,11H,3-5H2,1-2H3/t8-,9+,11+/m0/s1. The van der Waals surface area contributed by atoms with Gasteiger partial charge in [0, 0.05) is 6.04 Å². The van der Waals surface area contributed by atoms with Crippen LogP contribution in [0, 0.1) is 17.3 Å². The molecule has 2 saturated carbocycles. The van der Waals surface area contributed by atoms with Crippen LogP contribution in [-0.4, -0.2) is 19.5 Å². The summed E-state index contributed by atoms with van der Waals surface area (Å²) in [6.45, 7) is 4.77. The molecule has 4 nitrogen and oxygen atoms in total. The maximum Gasteiger partial charge on any atom is 0.165 e. The van der Waals surface area contributed by atoms with E-state index >= 15 is 0 Å². The lowest BCUT2D eigenvalue weighted by Crippen LogP contribution is -2.32. The van der Waals surface area contributed by atoms with Crippen molar-refractivity contribution >= 4 is 22.8 Å². The summed E-state index contributed by atoms with van der Waals surface area (Å²) in [5.41, 5.74) is 1.92. The van der Waals surface area contributed by atoms with Gasteiger partial charge < -0.3 is 4.57 Å². The zero-order chi connectivity index (χ0) is 13.2. The van der Waals surface area contributed by atoms with Crippen LogP contribution in [0.3, 0.4) is 0 Å².